The van der Waals surface area contributed by atoms with Crippen LogP contribution in [-0.4, -0.2) is 11.1 Å². The summed E-state index contributed by atoms with van der Waals surface area (Å²) in [5, 5.41) is 1.64. The van der Waals surface area contributed by atoms with Gasteiger partial charge in [-0.2, -0.15) is 0 Å². The molecule has 0 aliphatic carbocycles. The summed E-state index contributed by atoms with van der Waals surface area (Å²) in [6.45, 7) is 4.14. The van der Waals surface area contributed by atoms with Crippen molar-refractivity contribution in [1.82, 2.24) is 4.98 Å². The molecule has 16 heavy (non-hydrogen) atoms. The second-order valence-corrected chi connectivity index (χ2v) is 4.19. The number of hydrogen-bond donors (Lipinski definition) is 0. The fourth-order valence-corrected chi connectivity index (χ4v) is 1.72. The first-order chi connectivity index (χ1) is 7.72. The van der Waals surface area contributed by atoms with Crippen LogP contribution in [-0.2, 0) is 0 Å². The zero-order chi connectivity index (χ0) is 11.5. The lowest BCUT2D eigenvalue weighted by atomic mass is 10.2. The highest BCUT2D eigenvalue weighted by Crippen LogP contribution is 2.30. The van der Waals surface area contributed by atoms with Crippen molar-refractivity contribution in [3.05, 3.63) is 35.5 Å². The quantitative estimate of drug-likeness (QED) is 0.800. The standard InChI is InChI=1S/C13H14ClNO/c1-3-9(2)16-12-7-6-11(14)10-5-4-8-15-13(10)12/h4-9H,3H2,1-2H3. The zero-order valence-electron chi connectivity index (χ0n) is 9.40. The fourth-order valence-electron chi connectivity index (χ4n) is 1.51. The zero-order valence-corrected chi connectivity index (χ0v) is 10.2. The lowest BCUT2D eigenvalue weighted by Gasteiger charge is -2.14. The van der Waals surface area contributed by atoms with Crippen LogP contribution in [0.25, 0.3) is 10.9 Å². The Morgan fingerprint density at radius 1 is 1.38 bits per heavy atom. The minimum atomic E-state index is 0.186. The van der Waals surface area contributed by atoms with E-state index in [2.05, 4.69) is 11.9 Å². The highest BCUT2D eigenvalue weighted by Gasteiger charge is 2.08. The largest absolute Gasteiger partial charge is 0.488 e. The predicted molar refractivity (Wildman–Crippen MR) is 67.1 cm³/mol. The highest BCUT2D eigenvalue weighted by atomic mass is 35.5. The Hall–Kier alpha value is -1.28. The smallest absolute Gasteiger partial charge is 0.146 e. The maximum Gasteiger partial charge on any atom is 0.146 e. The van der Waals surface area contributed by atoms with E-state index in [0.29, 0.717) is 5.02 Å². The van der Waals surface area contributed by atoms with Crippen molar-refractivity contribution in [2.45, 2.75) is 26.4 Å². The third-order valence-corrected chi connectivity index (χ3v) is 2.91. The van der Waals surface area contributed by atoms with Crippen LogP contribution in [0.4, 0.5) is 0 Å². The lowest BCUT2D eigenvalue weighted by molar-refractivity contribution is 0.220. The molecule has 2 rings (SSSR count). The molecular formula is C13H14ClNO. The minimum absolute atomic E-state index is 0.186. The summed E-state index contributed by atoms with van der Waals surface area (Å²) in [5.41, 5.74) is 0.829. The molecule has 0 aliphatic rings. The maximum atomic E-state index is 6.10. The number of aromatic nitrogens is 1. The van der Waals surface area contributed by atoms with Crippen LogP contribution >= 0.6 is 11.6 Å². The van der Waals surface area contributed by atoms with Crippen LogP contribution in [0.2, 0.25) is 5.02 Å². The van der Waals surface area contributed by atoms with Crippen molar-refractivity contribution in [3.63, 3.8) is 0 Å². The topological polar surface area (TPSA) is 22.1 Å². The van der Waals surface area contributed by atoms with E-state index in [9.17, 15) is 0 Å². The molecule has 0 saturated heterocycles. The van der Waals surface area contributed by atoms with Gasteiger partial charge in [0.2, 0.25) is 0 Å². The van der Waals surface area contributed by atoms with Gasteiger partial charge in [0.05, 0.1) is 11.1 Å². The van der Waals surface area contributed by atoms with Gasteiger partial charge in [0, 0.05) is 11.6 Å². The van der Waals surface area contributed by atoms with Crippen LogP contribution in [0, 0.1) is 0 Å². The van der Waals surface area contributed by atoms with Crippen LogP contribution in [0.15, 0.2) is 30.5 Å². The van der Waals surface area contributed by atoms with Crippen molar-refractivity contribution < 1.29 is 4.74 Å². The summed E-state index contributed by atoms with van der Waals surface area (Å²) in [4.78, 5) is 4.32. The van der Waals surface area contributed by atoms with Gasteiger partial charge in [-0.15, -0.1) is 0 Å². The number of rotatable bonds is 3. The molecular weight excluding hydrogens is 222 g/mol. The van der Waals surface area contributed by atoms with E-state index in [0.717, 1.165) is 23.1 Å². The Bertz CT molecular complexity index is 498. The van der Waals surface area contributed by atoms with Crippen molar-refractivity contribution >= 4 is 22.5 Å². The number of halogens is 1. The SMILES string of the molecule is CCC(C)Oc1ccc(Cl)c2cccnc12. The van der Waals surface area contributed by atoms with Gasteiger partial charge in [0.1, 0.15) is 11.3 Å². The molecule has 2 nitrogen and oxygen atoms in total. The molecule has 0 bridgehead atoms. The van der Waals surface area contributed by atoms with Gasteiger partial charge < -0.3 is 4.74 Å². The van der Waals surface area contributed by atoms with Crippen LogP contribution < -0.4 is 4.74 Å². The number of benzene rings is 1. The summed E-state index contributed by atoms with van der Waals surface area (Å²) in [6.07, 6.45) is 2.91. The summed E-state index contributed by atoms with van der Waals surface area (Å²) < 4.78 is 5.81. The summed E-state index contributed by atoms with van der Waals surface area (Å²) in [7, 11) is 0. The van der Waals surface area contributed by atoms with E-state index in [-0.39, 0.29) is 6.10 Å². The monoisotopic (exact) mass is 235 g/mol. The van der Waals surface area contributed by atoms with Gasteiger partial charge in [-0.1, -0.05) is 18.5 Å². The molecule has 84 valence electrons. The summed E-state index contributed by atoms with van der Waals surface area (Å²) in [6, 6.07) is 7.56. The molecule has 0 saturated carbocycles. The molecule has 0 radical (unpaired) electrons. The average molecular weight is 236 g/mol. The second-order valence-electron chi connectivity index (χ2n) is 3.78. The van der Waals surface area contributed by atoms with Crippen LogP contribution in [0.3, 0.4) is 0 Å². The molecule has 0 spiro atoms. The number of nitrogens with zero attached hydrogens (tertiary/aromatic N) is 1. The molecule has 0 fully saturated rings. The van der Waals surface area contributed by atoms with Crippen LogP contribution in [0.1, 0.15) is 20.3 Å². The predicted octanol–water partition coefficient (Wildman–Crippen LogP) is 4.07. The molecule has 1 heterocycles. The minimum Gasteiger partial charge on any atom is -0.488 e. The summed E-state index contributed by atoms with van der Waals surface area (Å²) >= 11 is 6.10. The molecule has 1 unspecified atom stereocenters. The first-order valence-corrected chi connectivity index (χ1v) is 5.80. The van der Waals surface area contributed by atoms with Crippen molar-refractivity contribution in [3.8, 4) is 5.75 Å². The molecule has 1 atom stereocenters. The molecule has 1 aromatic heterocycles. The highest BCUT2D eigenvalue weighted by molar-refractivity contribution is 6.35. The number of fused-ring (bicyclic) bond motifs is 1. The van der Waals surface area contributed by atoms with E-state index >= 15 is 0 Å². The molecule has 0 aliphatic heterocycles. The normalized spacial score (nSPS) is 12.7. The van der Waals surface area contributed by atoms with Gasteiger partial charge in [-0.3, -0.25) is 4.98 Å². The maximum absolute atomic E-state index is 6.10. The van der Waals surface area contributed by atoms with E-state index in [1.165, 1.54) is 0 Å². The third kappa shape index (κ3) is 2.12. The first kappa shape index (κ1) is 11.2. The second kappa shape index (κ2) is 4.71. The number of ether oxygens (including phenoxy) is 1. The van der Waals surface area contributed by atoms with Gasteiger partial charge in [-0.05, 0) is 37.6 Å². The average Bonchev–Trinajstić information content (AvgIpc) is 2.33. The van der Waals surface area contributed by atoms with Crippen LogP contribution in [0.5, 0.6) is 5.75 Å². The van der Waals surface area contributed by atoms with E-state index in [1.807, 2.05) is 31.2 Å². The van der Waals surface area contributed by atoms with Gasteiger partial charge in [-0.25, -0.2) is 0 Å². The first-order valence-electron chi connectivity index (χ1n) is 5.42. The van der Waals surface area contributed by atoms with Gasteiger partial charge >= 0.3 is 0 Å². The van der Waals surface area contributed by atoms with Crippen molar-refractivity contribution in [2.75, 3.05) is 0 Å². The Labute approximate surface area is 100 Å². The van der Waals surface area contributed by atoms with E-state index in [1.54, 1.807) is 6.20 Å². The molecule has 0 N–H and O–H groups in total. The number of pyridine rings is 1. The van der Waals surface area contributed by atoms with E-state index in [4.69, 9.17) is 16.3 Å². The lowest BCUT2D eigenvalue weighted by Crippen LogP contribution is -2.10. The number of hydrogen-bond acceptors (Lipinski definition) is 2. The van der Waals surface area contributed by atoms with E-state index < -0.39 is 0 Å². The van der Waals surface area contributed by atoms with Crippen molar-refractivity contribution in [1.29, 1.82) is 0 Å². The molecule has 0 amide bonds. The Kier molecular flexibility index (Phi) is 3.30. The molecule has 1 aromatic carbocycles. The fraction of sp³-hybridized carbons (Fsp3) is 0.308. The summed E-state index contributed by atoms with van der Waals surface area (Å²) in [5.74, 6) is 0.800. The Morgan fingerprint density at radius 3 is 2.94 bits per heavy atom. The molecule has 3 heteroatoms. The molecule has 2 aromatic rings. The van der Waals surface area contributed by atoms with Crippen molar-refractivity contribution in [2.24, 2.45) is 0 Å². The Balaban J connectivity index is 2.50. The Morgan fingerprint density at radius 2 is 2.19 bits per heavy atom. The van der Waals surface area contributed by atoms with Gasteiger partial charge in [0.25, 0.3) is 0 Å². The van der Waals surface area contributed by atoms with Gasteiger partial charge in [0.15, 0.2) is 0 Å². The third-order valence-electron chi connectivity index (χ3n) is 2.58.